The van der Waals surface area contributed by atoms with Crippen LogP contribution in [0.25, 0.3) is 22.2 Å². The number of nitrogens with zero attached hydrogens (tertiary/aromatic N) is 2. The highest BCUT2D eigenvalue weighted by molar-refractivity contribution is 6.01. The minimum absolute atomic E-state index is 0.153. The molecule has 2 atom stereocenters. The van der Waals surface area contributed by atoms with Gasteiger partial charge < -0.3 is 19.5 Å². The third-order valence-electron chi connectivity index (χ3n) is 5.71. The number of carbonyl (C=O) groups excluding carboxylic acids is 2. The van der Waals surface area contributed by atoms with E-state index >= 15 is 0 Å². The third kappa shape index (κ3) is 3.76. The molecular formula is C23H22N4O4. The fourth-order valence-electron chi connectivity index (χ4n) is 4.30. The highest BCUT2D eigenvalue weighted by atomic mass is 16.3. The summed E-state index contributed by atoms with van der Waals surface area (Å²) in [5.41, 5.74) is 4.01. The van der Waals surface area contributed by atoms with Crippen molar-refractivity contribution >= 4 is 45.4 Å². The smallest absolute Gasteiger partial charge is 0.228 e. The van der Waals surface area contributed by atoms with Crippen LogP contribution in [0.3, 0.4) is 0 Å². The maximum atomic E-state index is 12.9. The van der Waals surface area contributed by atoms with Gasteiger partial charge in [0.05, 0.1) is 0 Å². The molecule has 1 saturated carbocycles. The lowest BCUT2D eigenvalue weighted by Gasteiger charge is -2.19. The van der Waals surface area contributed by atoms with Crippen molar-refractivity contribution in [2.75, 3.05) is 10.6 Å². The van der Waals surface area contributed by atoms with Crippen LogP contribution in [0.2, 0.25) is 0 Å². The van der Waals surface area contributed by atoms with Crippen LogP contribution < -0.4 is 10.6 Å². The number of benzene rings is 2. The van der Waals surface area contributed by atoms with Crippen molar-refractivity contribution in [3.8, 4) is 0 Å². The molecule has 5 rings (SSSR count). The van der Waals surface area contributed by atoms with Crippen LogP contribution in [0, 0.1) is 25.7 Å². The first-order valence-corrected chi connectivity index (χ1v) is 10.3. The van der Waals surface area contributed by atoms with Crippen molar-refractivity contribution < 1.29 is 18.4 Å². The van der Waals surface area contributed by atoms with Crippen molar-refractivity contribution in [3.05, 3.63) is 48.2 Å². The average Bonchev–Trinajstić information content (AvgIpc) is 3.43. The summed E-state index contributed by atoms with van der Waals surface area (Å²) in [6.45, 7) is 3.56. The topological polar surface area (TPSA) is 110 Å². The molecule has 31 heavy (non-hydrogen) atoms. The van der Waals surface area contributed by atoms with Crippen LogP contribution >= 0.6 is 0 Å². The Morgan fingerprint density at radius 1 is 0.806 bits per heavy atom. The number of nitrogens with one attached hydrogen (secondary N) is 2. The van der Waals surface area contributed by atoms with Gasteiger partial charge in [-0.2, -0.15) is 0 Å². The Hall–Kier alpha value is -3.68. The third-order valence-corrected chi connectivity index (χ3v) is 5.71. The minimum atomic E-state index is -0.382. The summed E-state index contributed by atoms with van der Waals surface area (Å²) in [6, 6.07) is 10.7. The van der Waals surface area contributed by atoms with Crippen molar-refractivity contribution in [1.29, 1.82) is 0 Å². The number of hydrogen-bond acceptors (Lipinski definition) is 6. The van der Waals surface area contributed by atoms with E-state index in [1.54, 1.807) is 50.2 Å². The zero-order valence-corrected chi connectivity index (χ0v) is 17.3. The van der Waals surface area contributed by atoms with E-state index in [9.17, 15) is 9.59 Å². The summed E-state index contributed by atoms with van der Waals surface area (Å²) in [4.78, 5) is 34.5. The monoisotopic (exact) mass is 418 g/mol. The highest BCUT2D eigenvalue weighted by Crippen LogP contribution is 2.34. The molecule has 1 aliphatic carbocycles. The van der Waals surface area contributed by atoms with E-state index in [1.165, 1.54) is 0 Å². The number of rotatable bonds is 4. The van der Waals surface area contributed by atoms with Crippen LogP contribution in [-0.2, 0) is 9.59 Å². The quantitative estimate of drug-likeness (QED) is 0.502. The van der Waals surface area contributed by atoms with Gasteiger partial charge in [0.2, 0.25) is 11.8 Å². The SMILES string of the molecule is Cc1nc2cc(NC(=O)[C@H]3CCC[C@@H]3C(=O)Nc3ccc4oc(C)nc4c3)ccc2o1. The maximum absolute atomic E-state index is 12.9. The van der Waals surface area contributed by atoms with Crippen molar-refractivity contribution in [2.24, 2.45) is 11.8 Å². The van der Waals surface area contributed by atoms with Crippen LogP contribution in [0.1, 0.15) is 31.0 Å². The van der Waals surface area contributed by atoms with Gasteiger partial charge in [0.15, 0.2) is 22.9 Å². The van der Waals surface area contributed by atoms with Gasteiger partial charge in [-0.15, -0.1) is 0 Å². The maximum Gasteiger partial charge on any atom is 0.228 e. The lowest BCUT2D eigenvalue weighted by Crippen LogP contribution is -2.33. The van der Waals surface area contributed by atoms with Crippen LogP contribution in [-0.4, -0.2) is 21.8 Å². The molecule has 2 heterocycles. The van der Waals surface area contributed by atoms with Crippen LogP contribution in [0.15, 0.2) is 45.2 Å². The molecule has 4 aromatic rings. The summed E-state index contributed by atoms with van der Waals surface area (Å²) in [5, 5.41) is 5.88. The molecular weight excluding hydrogens is 396 g/mol. The number of oxazole rings is 2. The molecule has 2 aromatic carbocycles. The van der Waals surface area contributed by atoms with E-state index in [0.29, 0.717) is 58.2 Å². The standard InChI is InChI=1S/C23H22N4O4/c1-12-24-18-10-14(6-8-20(18)30-12)26-22(28)16-4-3-5-17(16)23(29)27-15-7-9-21-19(11-15)25-13(2)31-21/h6-11,16-17H,3-5H2,1-2H3,(H,26,28)(H,27,29)/t16-,17-/m0/s1. The Bertz CT molecular complexity index is 1210. The van der Waals surface area contributed by atoms with E-state index in [4.69, 9.17) is 8.83 Å². The Balaban J connectivity index is 1.29. The molecule has 158 valence electrons. The largest absolute Gasteiger partial charge is 0.441 e. The van der Waals surface area contributed by atoms with E-state index < -0.39 is 0 Å². The molecule has 8 heteroatoms. The number of fused-ring (bicyclic) bond motifs is 2. The van der Waals surface area contributed by atoms with Crippen LogP contribution in [0.4, 0.5) is 11.4 Å². The van der Waals surface area contributed by atoms with Crippen LogP contribution in [0.5, 0.6) is 0 Å². The zero-order chi connectivity index (χ0) is 21.5. The molecule has 2 aromatic heterocycles. The Labute approximate surface area is 178 Å². The first-order valence-electron chi connectivity index (χ1n) is 10.3. The fraction of sp³-hybridized carbons (Fsp3) is 0.304. The molecule has 0 radical (unpaired) electrons. The average molecular weight is 418 g/mol. The number of hydrogen-bond donors (Lipinski definition) is 2. The lowest BCUT2D eigenvalue weighted by molar-refractivity contribution is -0.128. The Kier molecular flexibility index (Phi) is 4.69. The first-order chi connectivity index (χ1) is 15.0. The van der Waals surface area contributed by atoms with Gasteiger partial charge in [-0.05, 0) is 49.2 Å². The molecule has 1 aliphatic rings. The molecule has 2 N–H and O–H groups in total. The number of aromatic nitrogens is 2. The molecule has 0 spiro atoms. The van der Waals surface area contributed by atoms with Gasteiger partial charge in [-0.25, -0.2) is 9.97 Å². The number of anilines is 2. The van der Waals surface area contributed by atoms with E-state index in [0.717, 1.165) is 6.42 Å². The minimum Gasteiger partial charge on any atom is -0.441 e. The van der Waals surface area contributed by atoms with Crippen molar-refractivity contribution in [3.63, 3.8) is 0 Å². The summed E-state index contributed by atoms with van der Waals surface area (Å²) in [5.74, 6) is 0.0788. The van der Waals surface area contributed by atoms with E-state index in [-0.39, 0.29) is 23.7 Å². The van der Waals surface area contributed by atoms with Gasteiger partial charge in [-0.3, -0.25) is 9.59 Å². The second-order valence-corrected chi connectivity index (χ2v) is 7.95. The molecule has 8 nitrogen and oxygen atoms in total. The summed E-state index contributed by atoms with van der Waals surface area (Å²) < 4.78 is 10.9. The summed E-state index contributed by atoms with van der Waals surface area (Å²) in [7, 11) is 0. The molecule has 0 saturated heterocycles. The summed E-state index contributed by atoms with van der Waals surface area (Å²) in [6.07, 6.45) is 2.19. The number of aryl methyl sites for hydroxylation is 2. The molecule has 0 bridgehead atoms. The molecule has 1 fully saturated rings. The predicted octanol–water partition coefficient (Wildman–Crippen LogP) is 4.58. The fourth-order valence-corrected chi connectivity index (χ4v) is 4.30. The number of amides is 2. The van der Waals surface area contributed by atoms with Gasteiger partial charge in [0.1, 0.15) is 11.0 Å². The van der Waals surface area contributed by atoms with Crippen molar-refractivity contribution in [2.45, 2.75) is 33.1 Å². The second-order valence-electron chi connectivity index (χ2n) is 7.95. The first kappa shape index (κ1) is 19.3. The number of carbonyl (C=O) groups is 2. The van der Waals surface area contributed by atoms with E-state index in [2.05, 4.69) is 20.6 Å². The molecule has 2 amide bonds. The normalized spacial score (nSPS) is 18.5. The summed E-state index contributed by atoms with van der Waals surface area (Å²) >= 11 is 0. The van der Waals surface area contributed by atoms with Gasteiger partial charge >= 0.3 is 0 Å². The van der Waals surface area contributed by atoms with Gasteiger partial charge in [0, 0.05) is 37.1 Å². The van der Waals surface area contributed by atoms with E-state index in [1.807, 2.05) is 0 Å². The Morgan fingerprint density at radius 3 is 1.71 bits per heavy atom. The lowest BCUT2D eigenvalue weighted by atomic mass is 9.94. The van der Waals surface area contributed by atoms with Gasteiger partial charge in [-0.1, -0.05) is 6.42 Å². The molecule has 0 aliphatic heterocycles. The van der Waals surface area contributed by atoms with Gasteiger partial charge in [0.25, 0.3) is 0 Å². The molecule has 0 unspecified atom stereocenters. The highest BCUT2D eigenvalue weighted by Gasteiger charge is 2.37. The van der Waals surface area contributed by atoms with Crippen molar-refractivity contribution in [1.82, 2.24) is 9.97 Å². The second kappa shape index (κ2) is 7.54. The zero-order valence-electron chi connectivity index (χ0n) is 17.3. The predicted molar refractivity (Wildman–Crippen MR) is 116 cm³/mol. The Morgan fingerprint density at radius 2 is 1.26 bits per heavy atom.